The van der Waals surface area contributed by atoms with Gasteiger partial charge in [0, 0.05) is 24.7 Å². The number of Topliss-reactive ketones (excluding diaryl/α,β-unsaturated/α-hetero) is 1. The van der Waals surface area contributed by atoms with E-state index in [1.807, 2.05) is 13.8 Å². The van der Waals surface area contributed by atoms with E-state index < -0.39 is 28.1 Å². The minimum atomic E-state index is -5.05. The van der Waals surface area contributed by atoms with E-state index in [-0.39, 0.29) is 5.69 Å². The lowest BCUT2D eigenvalue weighted by Gasteiger charge is -2.36. The van der Waals surface area contributed by atoms with Crippen molar-refractivity contribution in [1.82, 2.24) is 0 Å². The number of anilines is 1. The molecule has 0 radical (unpaired) electrons. The summed E-state index contributed by atoms with van der Waals surface area (Å²) in [4.78, 5) is 23.6. The van der Waals surface area contributed by atoms with E-state index in [0.717, 1.165) is 18.6 Å². The Bertz CT molecular complexity index is 621. The molecule has 0 aliphatic carbocycles. The van der Waals surface area contributed by atoms with Crippen LogP contribution < -0.4 is 4.90 Å². The van der Waals surface area contributed by atoms with Gasteiger partial charge in [-0.05, 0) is 30.4 Å². The van der Waals surface area contributed by atoms with Gasteiger partial charge in [0.15, 0.2) is 0 Å². The fourth-order valence-corrected chi connectivity index (χ4v) is 3.10. The average molecular weight is 330 g/mol. The van der Waals surface area contributed by atoms with Gasteiger partial charge in [-0.25, -0.2) is 0 Å². The van der Waals surface area contributed by atoms with E-state index in [1.165, 1.54) is 6.07 Å². The van der Waals surface area contributed by atoms with Crippen LogP contribution in [-0.2, 0) is 0 Å². The number of benzene rings is 1. The molecule has 0 N–H and O–H groups in total. The Morgan fingerprint density at radius 3 is 2.30 bits per heavy atom. The lowest BCUT2D eigenvalue weighted by molar-refractivity contribution is -0.384. The van der Waals surface area contributed by atoms with Gasteiger partial charge in [-0.1, -0.05) is 13.8 Å². The third-order valence-corrected chi connectivity index (χ3v) is 3.90. The molecule has 0 amide bonds. The summed E-state index contributed by atoms with van der Waals surface area (Å²) in [5.41, 5.74) is -0.931. The Morgan fingerprint density at radius 2 is 1.83 bits per heavy atom. The van der Waals surface area contributed by atoms with Crippen LogP contribution in [0.5, 0.6) is 0 Å². The molecule has 0 saturated carbocycles. The van der Waals surface area contributed by atoms with Crippen LogP contribution in [0.1, 0.15) is 30.6 Å². The van der Waals surface area contributed by atoms with Crippen molar-refractivity contribution in [2.24, 2.45) is 11.8 Å². The molecule has 2 unspecified atom stereocenters. The van der Waals surface area contributed by atoms with E-state index >= 15 is 0 Å². The Kier molecular flexibility index (Phi) is 4.63. The summed E-state index contributed by atoms with van der Waals surface area (Å²) in [5.74, 6) is -1.42. The zero-order valence-corrected chi connectivity index (χ0v) is 12.8. The summed E-state index contributed by atoms with van der Waals surface area (Å²) in [6.45, 7) is 5.24. The molecule has 1 saturated heterocycles. The van der Waals surface area contributed by atoms with Crippen molar-refractivity contribution >= 4 is 17.2 Å². The van der Waals surface area contributed by atoms with Crippen LogP contribution in [0, 0.1) is 22.0 Å². The van der Waals surface area contributed by atoms with Crippen molar-refractivity contribution in [3.05, 3.63) is 33.9 Å². The number of carbonyl (C=O) groups excluding carboxylic acids is 1. The minimum Gasteiger partial charge on any atom is -0.365 e. The van der Waals surface area contributed by atoms with E-state index in [4.69, 9.17) is 0 Å². The van der Waals surface area contributed by atoms with E-state index in [1.54, 1.807) is 4.90 Å². The summed E-state index contributed by atoms with van der Waals surface area (Å²) >= 11 is 0. The molecule has 0 aromatic heterocycles. The lowest BCUT2D eigenvalue weighted by atomic mass is 9.91. The summed E-state index contributed by atoms with van der Waals surface area (Å²) in [6, 6.07) is 2.96. The molecule has 2 atom stereocenters. The monoisotopic (exact) mass is 330 g/mol. The summed E-state index contributed by atoms with van der Waals surface area (Å²) in [7, 11) is 0. The van der Waals surface area contributed by atoms with Gasteiger partial charge in [0.05, 0.1) is 4.92 Å². The molecule has 23 heavy (non-hydrogen) atoms. The van der Waals surface area contributed by atoms with Crippen molar-refractivity contribution in [2.45, 2.75) is 26.4 Å². The van der Waals surface area contributed by atoms with Gasteiger partial charge in [-0.15, -0.1) is 0 Å². The first kappa shape index (κ1) is 17.2. The standard InChI is InChI=1S/C15H17F3N2O3/c1-9-5-10(2)8-19(7-9)12-4-3-11(6-13(12)20(22)23)14(21)15(16,17)18/h3-4,6,9-10H,5,7-8H2,1-2H3. The number of hydrogen-bond acceptors (Lipinski definition) is 4. The molecule has 1 aliphatic heterocycles. The molecule has 1 aliphatic rings. The van der Waals surface area contributed by atoms with Gasteiger partial charge in [-0.2, -0.15) is 13.2 Å². The lowest BCUT2D eigenvalue weighted by Crippen LogP contribution is -2.39. The molecule has 1 aromatic carbocycles. The molecule has 1 aromatic rings. The van der Waals surface area contributed by atoms with Gasteiger partial charge in [0.1, 0.15) is 5.69 Å². The molecule has 1 heterocycles. The quantitative estimate of drug-likeness (QED) is 0.480. The van der Waals surface area contributed by atoms with Crippen molar-refractivity contribution in [2.75, 3.05) is 18.0 Å². The number of rotatable bonds is 3. The highest BCUT2D eigenvalue weighted by Gasteiger charge is 2.40. The molecular formula is C15H17F3N2O3. The normalized spacial score (nSPS) is 22.0. The number of piperidine rings is 1. The summed E-state index contributed by atoms with van der Waals surface area (Å²) in [5, 5.41) is 11.2. The predicted molar refractivity (Wildman–Crippen MR) is 78.6 cm³/mol. The number of nitro benzene ring substituents is 1. The van der Waals surface area contributed by atoms with E-state index in [9.17, 15) is 28.1 Å². The first-order chi connectivity index (χ1) is 10.6. The molecule has 2 rings (SSSR count). The maximum Gasteiger partial charge on any atom is 0.454 e. The first-order valence-corrected chi connectivity index (χ1v) is 7.24. The first-order valence-electron chi connectivity index (χ1n) is 7.24. The highest BCUT2D eigenvalue weighted by atomic mass is 19.4. The van der Waals surface area contributed by atoms with E-state index in [2.05, 4.69) is 0 Å². The number of alkyl halides is 3. The van der Waals surface area contributed by atoms with Gasteiger partial charge < -0.3 is 4.90 Å². The largest absolute Gasteiger partial charge is 0.454 e. The highest BCUT2D eigenvalue weighted by Crippen LogP contribution is 2.35. The second-order valence-corrected chi connectivity index (χ2v) is 6.14. The van der Waals surface area contributed by atoms with Gasteiger partial charge in [0.2, 0.25) is 0 Å². The molecule has 5 nitrogen and oxygen atoms in total. The average Bonchev–Trinajstić information content (AvgIpc) is 2.43. The Balaban J connectivity index is 2.41. The minimum absolute atomic E-state index is 0.257. The number of halogens is 3. The van der Waals surface area contributed by atoms with Crippen LogP contribution >= 0.6 is 0 Å². The predicted octanol–water partition coefficient (Wildman–Crippen LogP) is 3.82. The second kappa shape index (κ2) is 6.17. The summed E-state index contributed by atoms with van der Waals surface area (Å²) < 4.78 is 37.5. The number of nitro groups is 1. The molecule has 0 bridgehead atoms. The molecule has 8 heteroatoms. The van der Waals surface area contributed by atoms with Crippen molar-refractivity contribution < 1.29 is 22.9 Å². The maximum atomic E-state index is 12.5. The zero-order valence-electron chi connectivity index (χ0n) is 12.8. The van der Waals surface area contributed by atoms with Crippen LogP contribution in [0.2, 0.25) is 0 Å². The third kappa shape index (κ3) is 3.80. The number of nitrogens with zero attached hydrogens (tertiary/aromatic N) is 2. The molecule has 0 spiro atoms. The molecule has 1 fully saturated rings. The van der Waals surface area contributed by atoms with Crippen LogP contribution in [0.15, 0.2) is 18.2 Å². The Morgan fingerprint density at radius 1 is 1.26 bits per heavy atom. The van der Waals surface area contributed by atoms with Crippen LogP contribution in [0.25, 0.3) is 0 Å². The fraction of sp³-hybridized carbons (Fsp3) is 0.533. The van der Waals surface area contributed by atoms with Crippen LogP contribution in [0.4, 0.5) is 24.5 Å². The molecular weight excluding hydrogens is 313 g/mol. The fourth-order valence-electron chi connectivity index (χ4n) is 3.10. The smallest absolute Gasteiger partial charge is 0.365 e. The van der Waals surface area contributed by atoms with Gasteiger partial charge in [0.25, 0.3) is 11.5 Å². The van der Waals surface area contributed by atoms with Crippen molar-refractivity contribution in [3.63, 3.8) is 0 Å². The van der Waals surface area contributed by atoms with Crippen LogP contribution in [-0.4, -0.2) is 30.0 Å². The van der Waals surface area contributed by atoms with Gasteiger partial charge in [-0.3, -0.25) is 14.9 Å². The highest BCUT2D eigenvalue weighted by molar-refractivity contribution is 6.01. The summed E-state index contributed by atoms with van der Waals surface area (Å²) in [6.07, 6.45) is -4.06. The number of ketones is 1. The van der Waals surface area contributed by atoms with E-state index in [0.29, 0.717) is 24.9 Å². The van der Waals surface area contributed by atoms with Gasteiger partial charge >= 0.3 is 6.18 Å². The van der Waals surface area contributed by atoms with Crippen LogP contribution in [0.3, 0.4) is 0 Å². The second-order valence-electron chi connectivity index (χ2n) is 6.14. The SMILES string of the molecule is CC1CC(C)CN(c2ccc(C(=O)C(F)(F)F)cc2[N+](=O)[O-])C1. The Hall–Kier alpha value is -2.12. The van der Waals surface area contributed by atoms with Crippen molar-refractivity contribution in [3.8, 4) is 0 Å². The number of carbonyl (C=O) groups is 1. The zero-order chi connectivity index (χ0) is 17.4. The van der Waals surface area contributed by atoms with Crippen molar-refractivity contribution in [1.29, 1.82) is 0 Å². The number of hydrogen-bond donors (Lipinski definition) is 0. The maximum absolute atomic E-state index is 12.5. The third-order valence-electron chi connectivity index (χ3n) is 3.90. The Labute approximate surface area is 131 Å². The topological polar surface area (TPSA) is 63.5 Å². The molecule has 126 valence electrons.